The molecule has 2 rings (SSSR count). The fourth-order valence-electron chi connectivity index (χ4n) is 2.72. The van der Waals surface area contributed by atoms with Gasteiger partial charge in [0.2, 0.25) is 0 Å². The highest BCUT2D eigenvalue weighted by molar-refractivity contribution is 5.39. The molecule has 1 aromatic carbocycles. The third kappa shape index (κ3) is 3.16. The lowest BCUT2D eigenvalue weighted by Crippen LogP contribution is -2.39. The Kier molecular flexibility index (Phi) is 3.81. The SMILES string of the molecule is COc1ccc(CN2CCCC(C)(C)C2)c(O)c1. The van der Waals surface area contributed by atoms with Gasteiger partial charge in [-0.2, -0.15) is 0 Å². The zero-order valence-corrected chi connectivity index (χ0v) is 11.6. The van der Waals surface area contributed by atoms with Gasteiger partial charge in [-0.05, 0) is 30.9 Å². The van der Waals surface area contributed by atoms with Gasteiger partial charge in [-0.25, -0.2) is 0 Å². The Labute approximate surface area is 109 Å². The smallest absolute Gasteiger partial charge is 0.123 e. The summed E-state index contributed by atoms with van der Waals surface area (Å²) in [6.45, 7) is 7.66. The Balaban J connectivity index is 2.05. The predicted octanol–water partition coefficient (Wildman–Crippen LogP) is 3.02. The van der Waals surface area contributed by atoms with Gasteiger partial charge in [0.1, 0.15) is 11.5 Å². The largest absolute Gasteiger partial charge is 0.507 e. The summed E-state index contributed by atoms with van der Waals surface area (Å²) in [4.78, 5) is 2.42. The number of hydrogen-bond acceptors (Lipinski definition) is 3. The van der Waals surface area contributed by atoms with Crippen molar-refractivity contribution in [3.05, 3.63) is 23.8 Å². The first-order chi connectivity index (χ1) is 8.50. The molecule has 0 aromatic heterocycles. The maximum atomic E-state index is 9.98. The number of rotatable bonds is 3. The monoisotopic (exact) mass is 249 g/mol. The zero-order chi connectivity index (χ0) is 13.2. The van der Waals surface area contributed by atoms with E-state index in [2.05, 4.69) is 18.7 Å². The van der Waals surface area contributed by atoms with Crippen molar-refractivity contribution in [2.24, 2.45) is 5.41 Å². The predicted molar refractivity (Wildman–Crippen MR) is 73.0 cm³/mol. The van der Waals surface area contributed by atoms with Crippen molar-refractivity contribution < 1.29 is 9.84 Å². The van der Waals surface area contributed by atoms with E-state index in [1.807, 2.05) is 12.1 Å². The van der Waals surface area contributed by atoms with Crippen LogP contribution in [0.25, 0.3) is 0 Å². The van der Waals surface area contributed by atoms with Crippen molar-refractivity contribution in [2.45, 2.75) is 33.2 Å². The van der Waals surface area contributed by atoms with Crippen LogP contribution in [0.2, 0.25) is 0 Å². The van der Waals surface area contributed by atoms with Crippen LogP contribution in [-0.4, -0.2) is 30.2 Å². The lowest BCUT2D eigenvalue weighted by Gasteiger charge is -2.38. The molecular weight excluding hydrogens is 226 g/mol. The normalized spacial score (nSPS) is 19.7. The number of ether oxygens (including phenoxy) is 1. The fraction of sp³-hybridized carbons (Fsp3) is 0.600. The minimum atomic E-state index is 0.331. The van der Waals surface area contributed by atoms with E-state index in [1.165, 1.54) is 12.8 Å². The van der Waals surface area contributed by atoms with Crippen molar-refractivity contribution in [1.82, 2.24) is 4.90 Å². The highest BCUT2D eigenvalue weighted by atomic mass is 16.5. The first-order valence-electron chi connectivity index (χ1n) is 6.58. The van der Waals surface area contributed by atoms with Crippen molar-refractivity contribution in [3.63, 3.8) is 0 Å². The first kappa shape index (κ1) is 13.2. The molecule has 3 heteroatoms. The van der Waals surface area contributed by atoms with E-state index in [0.29, 0.717) is 16.9 Å². The standard InChI is InChI=1S/C15H23NO2/c1-15(2)7-4-8-16(11-15)10-12-5-6-13(18-3)9-14(12)17/h5-6,9,17H,4,7-8,10-11H2,1-3H3. The van der Waals surface area contributed by atoms with Crippen LogP contribution in [0.5, 0.6) is 11.5 Å². The first-order valence-corrected chi connectivity index (χ1v) is 6.58. The second-order valence-corrected chi connectivity index (χ2v) is 5.97. The van der Waals surface area contributed by atoms with Crippen LogP contribution >= 0.6 is 0 Å². The Morgan fingerprint density at radius 3 is 2.78 bits per heavy atom. The third-order valence-corrected chi connectivity index (χ3v) is 3.67. The van der Waals surface area contributed by atoms with Crippen LogP contribution in [0.3, 0.4) is 0 Å². The summed E-state index contributed by atoms with van der Waals surface area (Å²) in [6.07, 6.45) is 2.53. The number of piperidine rings is 1. The molecule has 1 aliphatic heterocycles. The quantitative estimate of drug-likeness (QED) is 0.893. The van der Waals surface area contributed by atoms with E-state index < -0.39 is 0 Å². The van der Waals surface area contributed by atoms with Gasteiger partial charge in [-0.1, -0.05) is 19.9 Å². The molecule has 1 fully saturated rings. The minimum Gasteiger partial charge on any atom is -0.507 e. The summed E-state index contributed by atoms with van der Waals surface area (Å²) in [7, 11) is 1.61. The van der Waals surface area contributed by atoms with Gasteiger partial charge in [-0.3, -0.25) is 4.90 Å². The van der Waals surface area contributed by atoms with E-state index in [9.17, 15) is 5.11 Å². The van der Waals surface area contributed by atoms with Gasteiger partial charge < -0.3 is 9.84 Å². The number of hydrogen-bond donors (Lipinski definition) is 1. The molecule has 0 radical (unpaired) electrons. The highest BCUT2D eigenvalue weighted by Crippen LogP contribution is 2.31. The molecular formula is C15H23NO2. The van der Waals surface area contributed by atoms with Gasteiger partial charge in [0, 0.05) is 24.7 Å². The highest BCUT2D eigenvalue weighted by Gasteiger charge is 2.26. The Morgan fingerprint density at radius 1 is 1.39 bits per heavy atom. The number of aromatic hydroxyl groups is 1. The van der Waals surface area contributed by atoms with E-state index in [1.54, 1.807) is 13.2 Å². The second kappa shape index (κ2) is 5.19. The average molecular weight is 249 g/mol. The second-order valence-electron chi connectivity index (χ2n) is 5.97. The molecule has 0 saturated carbocycles. The molecule has 1 aromatic rings. The van der Waals surface area contributed by atoms with Gasteiger partial charge in [-0.15, -0.1) is 0 Å². The van der Waals surface area contributed by atoms with Crippen molar-refractivity contribution >= 4 is 0 Å². The molecule has 0 aliphatic carbocycles. The van der Waals surface area contributed by atoms with Crippen LogP contribution in [0.15, 0.2) is 18.2 Å². The Morgan fingerprint density at radius 2 is 2.17 bits per heavy atom. The maximum Gasteiger partial charge on any atom is 0.123 e. The molecule has 0 atom stereocenters. The summed E-state index contributed by atoms with van der Waals surface area (Å²) in [5, 5.41) is 9.98. The molecule has 1 heterocycles. The van der Waals surface area contributed by atoms with Crippen LogP contribution in [0.4, 0.5) is 0 Å². The van der Waals surface area contributed by atoms with Crippen molar-refractivity contribution in [3.8, 4) is 11.5 Å². The fourth-order valence-corrected chi connectivity index (χ4v) is 2.72. The van der Waals surface area contributed by atoms with Gasteiger partial charge >= 0.3 is 0 Å². The molecule has 1 N–H and O–H groups in total. The van der Waals surface area contributed by atoms with E-state index in [0.717, 1.165) is 25.2 Å². The van der Waals surface area contributed by atoms with Crippen LogP contribution < -0.4 is 4.74 Å². The van der Waals surface area contributed by atoms with Crippen LogP contribution in [0.1, 0.15) is 32.3 Å². The van der Waals surface area contributed by atoms with Gasteiger partial charge in [0.05, 0.1) is 7.11 Å². The molecule has 0 unspecified atom stereocenters. The van der Waals surface area contributed by atoms with Gasteiger partial charge in [0.25, 0.3) is 0 Å². The number of phenolic OH excluding ortho intramolecular Hbond substituents is 1. The average Bonchev–Trinajstić information content (AvgIpc) is 2.30. The van der Waals surface area contributed by atoms with Crippen molar-refractivity contribution in [2.75, 3.05) is 20.2 Å². The number of nitrogens with zero attached hydrogens (tertiary/aromatic N) is 1. The summed E-state index contributed by atoms with van der Waals surface area (Å²) in [6, 6.07) is 5.55. The van der Waals surface area contributed by atoms with Crippen molar-refractivity contribution in [1.29, 1.82) is 0 Å². The Bertz CT molecular complexity index is 415. The summed E-state index contributed by atoms with van der Waals surface area (Å²) in [5.74, 6) is 1.04. The Hall–Kier alpha value is -1.22. The van der Waals surface area contributed by atoms with E-state index >= 15 is 0 Å². The number of likely N-dealkylation sites (tertiary alicyclic amines) is 1. The molecule has 0 spiro atoms. The minimum absolute atomic E-state index is 0.331. The molecule has 0 amide bonds. The molecule has 18 heavy (non-hydrogen) atoms. The number of phenols is 1. The van der Waals surface area contributed by atoms with Gasteiger partial charge in [0.15, 0.2) is 0 Å². The summed E-state index contributed by atoms with van der Waals surface area (Å²) in [5.41, 5.74) is 1.37. The maximum absolute atomic E-state index is 9.98. The molecule has 100 valence electrons. The van der Waals surface area contributed by atoms with E-state index in [-0.39, 0.29) is 0 Å². The van der Waals surface area contributed by atoms with Crippen LogP contribution in [0, 0.1) is 5.41 Å². The lowest BCUT2D eigenvalue weighted by atomic mass is 9.84. The van der Waals surface area contributed by atoms with E-state index in [4.69, 9.17) is 4.74 Å². The number of benzene rings is 1. The molecule has 0 bridgehead atoms. The lowest BCUT2D eigenvalue weighted by molar-refractivity contribution is 0.111. The molecule has 3 nitrogen and oxygen atoms in total. The number of methoxy groups -OCH3 is 1. The summed E-state index contributed by atoms with van der Waals surface area (Å²) >= 11 is 0. The topological polar surface area (TPSA) is 32.7 Å². The van der Waals surface area contributed by atoms with Crippen LogP contribution in [-0.2, 0) is 6.54 Å². The zero-order valence-electron chi connectivity index (χ0n) is 11.6. The molecule has 1 saturated heterocycles. The third-order valence-electron chi connectivity index (χ3n) is 3.67. The summed E-state index contributed by atoms with van der Waals surface area (Å²) < 4.78 is 5.10. The molecule has 1 aliphatic rings.